The van der Waals surface area contributed by atoms with Gasteiger partial charge in [-0.25, -0.2) is 0 Å². The molecule has 0 saturated carbocycles. The van der Waals surface area contributed by atoms with E-state index in [1.54, 1.807) is 0 Å². The van der Waals surface area contributed by atoms with Crippen LogP contribution in [-0.4, -0.2) is 10.2 Å². The molecule has 0 bridgehead atoms. The van der Waals surface area contributed by atoms with E-state index >= 15 is 0 Å². The minimum atomic E-state index is -0.431. The Morgan fingerprint density at radius 1 is 1.00 bits per heavy atom. The second-order valence-electron chi connectivity index (χ2n) is 4.12. The van der Waals surface area contributed by atoms with Gasteiger partial charge < -0.3 is 9.47 Å². The van der Waals surface area contributed by atoms with Gasteiger partial charge in [-0.1, -0.05) is 24.3 Å². The number of ether oxygens (including phenoxy) is 2. The van der Waals surface area contributed by atoms with Gasteiger partial charge in [-0.2, -0.15) is 5.10 Å². The van der Waals surface area contributed by atoms with E-state index in [2.05, 4.69) is 16.4 Å². The molecule has 2 heterocycles. The van der Waals surface area contributed by atoms with E-state index in [1.165, 1.54) is 0 Å². The van der Waals surface area contributed by atoms with Crippen LogP contribution in [0.3, 0.4) is 0 Å². The normalized spacial score (nSPS) is 14.2. The molecule has 2 aromatic carbocycles. The molecule has 0 spiro atoms. The van der Waals surface area contributed by atoms with Crippen molar-refractivity contribution in [2.45, 2.75) is 6.29 Å². The van der Waals surface area contributed by atoms with Crippen LogP contribution in [0.4, 0.5) is 0 Å². The van der Waals surface area contributed by atoms with Gasteiger partial charge in [0.05, 0.1) is 5.52 Å². The lowest BCUT2D eigenvalue weighted by Gasteiger charge is -2.10. The first-order chi connectivity index (χ1) is 8.92. The average molecular weight is 237 g/mol. The summed E-state index contributed by atoms with van der Waals surface area (Å²) in [4.78, 5) is 0. The van der Waals surface area contributed by atoms with E-state index in [9.17, 15) is 0 Å². The molecule has 1 aliphatic heterocycles. The van der Waals surface area contributed by atoms with Crippen molar-refractivity contribution < 1.29 is 9.47 Å². The maximum absolute atomic E-state index is 5.79. The number of aromatic nitrogens is 2. The first kappa shape index (κ1) is 9.53. The molecule has 4 heteroatoms. The Morgan fingerprint density at radius 2 is 1.78 bits per heavy atom. The number of hydrogen-bond donors (Lipinski definition) is 1. The first-order valence-corrected chi connectivity index (χ1v) is 5.69. The zero-order valence-electron chi connectivity index (χ0n) is 9.38. The SMILES string of the molecule is [c]1n[nH]c2cccc(C3Oc4ccccc4O3)c12. The fourth-order valence-electron chi connectivity index (χ4n) is 2.16. The minimum absolute atomic E-state index is 0.431. The number of hydrogen-bond acceptors (Lipinski definition) is 3. The molecule has 1 N–H and O–H groups in total. The molecule has 1 aliphatic rings. The van der Waals surface area contributed by atoms with Crippen LogP contribution in [0.5, 0.6) is 11.5 Å². The Labute approximate surface area is 103 Å². The van der Waals surface area contributed by atoms with E-state index in [4.69, 9.17) is 9.47 Å². The van der Waals surface area contributed by atoms with Crippen molar-refractivity contribution in [3.8, 4) is 11.5 Å². The molecular weight excluding hydrogens is 228 g/mol. The largest absolute Gasteiger partial charge is 0.447 e. The fourth-order valence-corrected chi connectivity index (χ4v) is 2.16. The third kappa shape index (κ3) is 1.29. The number of H-pyrrole nitrogens is 1. The van der Waals surface area contributed by atoms with E-state index in [0.717, 1.165) is 28.0 Å². The summed E-state index contributed by atoms with van der Waals surface area (Å²) >= 11 is 0. The maximum atomic E-state index is 5.79. The average Bonchev–Trinajstić information content (AvgIpc) is 3.04. The standard InChI is InChI=1S/C14H9N2O2/c1-2-7-13-12(6-1)17-14(18-13)9-4-3-5-11-10(9)8-15-16-11/h1-7,14H,(H,15,16). The number of nitrogens with zero attached hydrogens (tertiary/aromatic N) is 1. The van der Waals surface area contributed by atoms with Crippen molar-refractivity contribution in [3.63, 3.8) is 0 Å². The van der Waals surface area contributed by atoms with E-state index in [0.29, 0.717) is 0 Å². The number of benzene rings is 2. The highest BCUT2D eigenvalue weighted by Crippen LogP contribution is 2.41. The Kier molecular flexibility index (Phi) is 1.85. The van der Waals surface area contributed by atoms with Gasteiger partial charge in [-0.3, -0.25) is 5.10 Å². The molecule has 3 aromatic rings. The predicted molar refractivity (Wildman–Crippen MR) is 65.4 cm³/mol. The Hall–Kier alpha value is -2.49. The van der Waals surface area contributed by atoms with Gasteiger partial charge in [-0.05, 0) is 18.2 Å². The molecule has 0 unspecified atom stereocenters. The number of fused-ring (bicyclic) bond motifs is 2. The van der Waals surface area contributed by atoms with Gasteiger partial charge in [-0.15, -0.1) is 0 Å². The van der Waals surface area contributed by atoms with Gasteiger partial charge in [0.25, 0.3) is 6.29 Å². The summed E-state index contributed by atoms with van der Waals surface area (Å²) in [6.07, 6.45) is 2.50. The lowest BCUT2D eigenvalue weighted by molar-refractivity contribution is 0.0500. The number of nitrogens with one attached hydrogen (secondary N) is 1. The summed E-state index contributed by atoms with van der Waals surface area (Å²) in [6.45, 7) is 0. The van der Waals surface area contributed by atoms with Crippen LogP contribution < -0.4 is 9.47 Å². The highest BCUT2D eigenvalue weighted by Gasteiger charge is 2.27. The van der Waals surface area contributed by atoms with Gasteiger partial charge >= 0.3 is 0 Å². The third-order valence-electron chi connectivity index (χ3n) is 3.01. The van der Waals surface area contributed by atoms with Gasteiger partial charge in [0.15, 0.2) is 11.5 Å². The highest BCUT2D eigenvalue weighted by molar-refractivity contribution is 5.81. The molecule has 0 amide bonds. The van der Waals surface area contributed by atoms with Crippen LogP contribution in [0.1, 0.15) is 11.9 Å². The van der Waals surface area contributed by atoms with E-state index in [-0.39, 0.29) is 0 Å². The van der Waals surface area contributed by atoms with Crippen LogP contribution in [0.15, 0.2) is 42.5 Å². The van der Waals surface area contributed by atoms with Crippen LogP contribution >= 0.6 is 0 Å². The van der Waals surface area contributed by atoms with Gasteiger partial charge in [0, 0.05) is 10.9 Å². The van der Waals surface area contributed by atoms with Gasteiger partial charge in [0.1, 0.15) is 6.20 Å². The minimum Gasteiger partial charge on any atom is -0.447 e. The predicted octanol–water partition coefficient (Wildman–Crippen LogP) is 2.83. The summed E-state index contributed by atoms with van der Waals surface area (Å²) < 4.78 is 11.6. The van der Waals surface area contributed by atoms with Crippen LogP contribution in [-0.2, 0) is 0 Å². The van der Waals surface area contributed by atoms with Gasteiger partial charge in [0.2, 0.25) is 0 Å². The summed E-state index contributed by atoms with van der Waals surface area (Å²) in [7, 11) is 0. The van der Waals surface area contributed by atoms with Crippen molar-refractivity contribution in [2.75, 3.05) is 0 Å². The Balaban J connectivity index is 1.80. The topological polar surface area (TPSA) is 47.1 Å². The zero-order chi connectivity index (χ0) is 11.9. The molecule has 0 aliphatic carbocycles. The van der Waals surface area contributed by atoms with Crippen molar-refractivity contribution in [1.29, 1.82) is 0 Å². The molecule has 0 fully saturated rings. The van der Waals surface area contributed by atoms with E-state index in [1.807, 2.05) is 42.5 Å². The second-order valence-corrected chi connectivity index (χ2v) is 4.12. The molecular formula is C14H9N2O2. The summed E-state index contributed by atoms with van der Waals surface area (Å²) in [5, 5.41) is 7.71. The van der Waals surface area contributed by atoms with Crippen molar-refractivity contribution in [3.05, 3.63) is 54.2 Å². The third-order valence-corrected chi connectivity index (χ3v) is 3.01. The Bertz CT molecular complexity index is 695. The molecule has 1 aromatic heterocycles. The summed E-state index contributed by atoms with van der Waals surface area (Å²) in [5.74, 6) is 1.53. The van der Waals surface area contributed by atoms with Crippen molar-refractivity contribution >= 4 is 10.9 Å². The van der Waals surface area contributed by atoms with Crippen LogP contribution in [0.25, 0.3) is 10.9 Å². The first-order valence-electron chi connectivity index (χ1n) is 5.69. The molecule has 87 valence electrons. The molecule has 1 radical (unpaired) electrons. The smallest absolute Gasteiger partial charge is 0.268 e. The molecule has 0 saturated heterocycles. The number of aromatic amines is 1. The zero-order valence-corrected chi connectivity index (χ0v) is 9.38. The number of rotatable bonds is 1. The maximum Gasteiger partial charge on any atom is 0.268 e. The fraction of sp³-hybridized carbons (Fsp3) is 0.0714. The lowest BCUT2D eigenvalue weighted by Crippen LogP contribution is -2.08. The summed E-state index contributed by atoms with van der Waals surface area (Å²) in [5.41, 5.74) is 1.85. The van der Waals surface area contributed by atoms with Crippen molar-refractivity contribution in [1.82, 2.24) is 10.2 Å². The quantitative estimate of drug-likeness (QED) is 0.708. The molecule has 18 heavy (non-hydrogen) atoms. The second kappa shape index (κ2) is 3.50. The lowest BCUT2D eigenvalue weighted by atomic mass is 10.1. The molecule has 0 atom stereocenters. The monoisotopic (exact) mass is 237 g/mol. The highest BCUT2D eigenvalue weighted by atomic mass is 16.7. The Morgan fingerprint density at radius 3 is 2.56 bits per heavy atom. The van der Waals surface area contributed by atoms with E-state index < -0.39 is 6.29 Å². The summed E-state index contributed by atoms with van der Waals surface area (Å²) in [6, 6.07) is 13.5. The molecule has 4 rings (SSSR count). The van der Waals surface area contributed by atoms with Crippen LogP contribution in [0.2, 0.25) is 0 Å². The molecule has 4 nitrogen and oxygen atoms in total. The van der Waals surface area contributed by atoms with Crippen molar-refractivity contribution in [2.24, 2.45) is 0 Å². The number of para-hydroxylation sites is 2. The van der Waals surface area contributed by atoms with Crippen LogP contribution in [0, 0.1) is 6.20 Å².